The van der Waals surface area contributed by atoms with Gasteiger partial charge in [-0.15, -0.1) is 0 Å². The molecule has 2 N–H and O–H groups in total. The smallest absolute Gasteiger partial charge is 0.329 e. The summed E-state index contributed by atoms with van der Waals surface area (Å²) in [5, 5.41) is 23.5. The van der Waals surface area contributed by atoms with Crippen molar-refractivity contribution in [3.05, 3.63) is 47.6 Å². The number of rotatable bonds is 8. The number of aliphatic hydroxyl groups is 2. The Morgan fingerprint density at radius 2 is 1.54 bits per heavy atom. The second-order valence-electron chi connectivity index (χ2n) is 20.7. The topological polar surface area (TPSA) is 184 Å². The van der Waals surface area contributed by atoms with Gasteiger partial charge in [0.2, 0.25) is 5.79 Å². The molecule has 1 saturated carbocycles. The van der Waals surface area contributed by atoms with Crippen molar-refractivity contribution in [1.29, 1.82) is 0 Å². The van der Waals surface area contributed by atoms with E-state index in [1.165, 1.54) is 12.0 Å². The molecule has 1 aliphatic carbocycles. The van der Waals surface area contributed by atoms with Gasteiger partial charge in [-0.05, 0) is 121 Å². The number of methoxy groups -OCH3 is 3. The van der Waals surface area contributed by atoms with Crippen LogP contribution < -0.4 is 0 Å². The highest BCUT2D eigenvalue weighted by Crippen LogP contribution is 2.38. The molecule has 14 nitrogen and oxygen atoms in total. The van der Waals surface area contributed by atoms with Crippen LogP contribution in [0.4, 0.5) is 0 Å². The first-order valence-electron chi connectivity index (χ1n) is 25.3. The van der Waals surface area contributed by atoms with Crippen LogP contribution in [-0.2, 0) is 52.4 Å². The van der Waals surface area contributed by atoms with E-state index in [1.54, 1.807) is 41.1 Å². The zero-order chi connectivity index (χ0) is 50.5. The molecule has 14 heteroatoms. The standard InChI is InChI=1S/C54H85NO13/c1-32(2)66-44-24-22-40(29-47(44)64-11)28-36(6)46-31-43(56)35(5)27-38(8)49(58)50(65-12)48(57)37(7)26-33(3)18-14-13-15-19-34(4)45(63-10)30-41-23-21-39(9)54(62,68-41)51(59)52(60)55-25-17-16-20-42(55)53(61)67-46/h13-15,18-19,27,32-33,35-37,39-42,44-47,49-50,58,62H,16-17,20-26,28-31H2,1-12H3/b15-13+,18-14+,34-19+,38-27+/t33-,35-,36-,37-,39-,40+,41+,42+,44-,45+,46+,47-,49-,50+,54-/m1/s1. The van der Waals surface area contributed by atoms with Crippen molar-refractivity contribution in [2.24, 2.45) is 35.5 Å². The lowest BCUT2D eigenvalue weighted by atomic mass is 9.78. The number of piperidine rings is 1. The molecule has 2 bridgehead atoms. The van der Waals surface area contributed by atoms with Gasteiger partial charge in [0.25, 0.3) is 11.7 Å². The second kappa shape index (κ2) is 26.7. The van der Waals surface area contributed by atoms with Gasteiger partial charge in [0.05, 0.1) is 30.5 Å². The Bertz CT molecular complexity index is 1820. The SMILES string of the molecule is CO[C@H]1C[C@@H]2CC[C@@H](C)[C@@](O)(O2)C(=O)C(=O)N2CCCC[C@H]2C(=O)O[C@H]([C@H](C)C[C@@H]2CC[C@@H](OC(C)C)[C@H](OC)C2)CC(=O)[C@H](C)/C=C(\C)[C@@H](O)[C@@H](OC)C(=O)[C@H](C)C[C@H](C)/C=C/C=C/C=C/1C. The van der Waals surface area contributed by atoms with E-state index in [4.69, 9.17) is 28.4 Å². The van der Waals surface area contributed by atoms with E-state index in [1.807, 2.05) is 71.9 Å². The van der Waals surface area contributed by atoms with E-state index >= 15 is 0 Å². The van der Waals surface area contributed by atoms with Crippen molar-refractivity contribution in [1.82, 2.24) is 4.90 Å². The molecule has 1 amide bonds. The molecule has 0 radical (unpaired) electrons. The van der Waals surface area contributed by atoms with Gasteiger partial charge >= 0.3 is 5.97 Å². The number of hydrogen-bond acceptors (Lipinski definition) is 13. The predicted molar refractivity (Wildman–Crippen MR) is 259 cm³/mol. The Kier molecular flexibility index (Phi) is 22.5. The van der Waals surface area contributed by atoms with Crippen molar-refractivity contribution >= 4 is 29.2 Å². The lowest BCUT2D eigenvalue weighted by Crippen LogP contribution is -2.61. The second-order valence-corrected chi connectivity index (χ2v) is 20.7. The van der Waals surface area contributed by atoms with Gasteiger partial charge in [-0.1, -0.05) is 71.1 Å². The maximum absolute atomic E-state index is 14.5. The molecule has 0 aromatic carbocycles. The number of Topliss-reactive ketones (excluding diaryl/α,β-unsaturated/α-hetero) is 3. The first-order chi connectivity index (χ1) is 32.1. The van der Waals surface area contributed by atoms with E-state index in [2.05, 4.69) is 0 Å². The Morgan fingerprint density at radius 3 is 2.21 bits per heavy atom. The van der Waals surface area contributed by atoms with Crippen molar-refractivity contribution in [3.8, 4) is 0 Å². The fourth-order valence-corrected chi connectivity index (χ4v) is 10.6. The Morgan fingerprint density at radius 1 is 0.824 bits per heavy atom. The van der Waals surface area contributed by atoms with Crippen LogP contribution in [-0.4, -0.2) is 133 Å². The molecule has 0 aromatic rings. The fraction of sp³-hybridized carbons (Fsp3) is 0.759. The zero-order valence-corrected chi connectivity index (χ0v) is 43.1. The van der Waals surface area contributed by atoms with E-state index < -0.39 is 77.8 Å². The molecule has 3 aliphatic heterocycles. The maximum Gasteiger partial charge on any atom is 0.329 e. The van der Waals surface area contributed by atoms with Gasteiger partial charge in [0, 0.05) is 58.5 Å². The van der Waals surface area contributed by atoms with Crippen LogP contribution in [0.2, 0.25) is 0 Å². The van der Waals surface area contributed by atoms with Crippen LogP contribution in [0.3, 0.4) is 0 Å². The zero-order valence-electron chi connectivity index (χ0n) is 43.1. The third kappa shape index (κ3) is 15.3. The molecule has 0 aromatic heterocycles. The lowest BCUT2D eigenvalue weighted by Gasteiger charge is -2.42. The first kappa shape index (κ1) is 57.2. The Labute approximate surface area is 406 Å². The number of aliphatic hydroxyl groups excluding tert-OH is 1. The van der Waals surface area contributed by atoms with Gasteiger partial charge in [0.1, 0.15) is 30.1 Å². The highest BCUT2D eigenvalue weighted by atomic mass is 16.6. The van der Waals surface area contributed by atoms with Crippen molar-refractivity contribution in [2.75, 3.05) is 27.9 Å². The number of carbonyl (C=O) groups excluding carboxylic acids is 5. The fourth-order valence-electron chi connectivity index (χ4n) is 10.6. The number of amides is 1. The quantitative estimate of drug-likeness (QED) is 0.138. The maximum atomic E-state index is 14.5. The van der Waals surface area contributed by atoms with Gasteiger partial charge in [0.15, 0.2) is 5.78 Å². The van der Waals surface area contributed by atoms with E-state index in [0.717, 1.165) is 24.8 Å². The minimum atomic E-state index is -2.42. The van der Waals surface area contributed by atoms with Crippen molar-refractivity contribution in [3.63, 3.8) is 0 Å². The minimum Gasteiger partial charge on any atom is -0.460 e. The number of ketones is 3. The number of cyclic esters (lactones) is 1. The summed E-state index contributed by atoms with van der Waals surface area (Å²) in [6.45, 7) is 16.9. The summed E-state index contributed by atoms with van der Waals surface area (Å²) >= 11 is 0. The van der Waals surface area contributed by atoms with Crippen LogP contribution >= 0.6 is 0 Å². The molecule has 4 aliphatic rings. The number of esters is 1. The van der Waals surface area contributed by atoms with Gasteiger partial charge in [-0.2, -0.15) is 0 Å². The summed E-state index contributed by atoms with van der Waals surface area (Å²) in [5.74, 6) is -7.74. The summed E-state index contributed by atoms with van der Waals surface area (Å²) in [4.78, 5) is 72.2. The predicted octanol–water partition coefficient (Wildman–Crippen LogP) is 7.61. The number of nitrogens with zero attached hydrogens (tertiary/aromatic N) is 1. The molecule has 2 saturated heterocycles. The van der Waals surface area contributed by atoms with Crippen LogP contribution in [0.1, 0.15) is 139 Å². The highest BCUT2D eigenvalue weighted by Gasteiger charge is 2.53. The van der Waals surface area contributed by atoms with E-state index in [-0.39, 0.29) is 67.0 Å². The molecular formula is C54H85NO13. The summed E-state index contributed by atoms with van der Waals surface area (Å²) in [6, 6.07) is -1.13. The molecule has 15 atom stereocenters. The molecule has 3 heterocycles. The summed E-state index contributed by atoms with van der Waals surface area (Å²) in [6.07, 6.45) is 12.8. The number of ether oxygens (including phenoxy) is 6. The minimum absolute atomic E-state index is 0.0232. The Balaban J connectivity index is 1.70. The normalized spacial score (nSPS) is 39.2. The van der Waals surface area contributed by atoms with Crippen LogP contribution in [0.15, 0.2) is 47.6 Å². The highest BCUT2D eigenvalue weighted by molar-refractivity contribution is 6.39. The molecule has 4 rings (SSSR count). The van der Waals surface area contributed by atoms with Crippen molar-refractivity contribution < 1.29 is 62.6 Å². The van der Waals surface area contributed by atoms with E-state index in [9.17, 15) is 34.2 Å². The molecule has 68 heavy (non-hydrogen) atoms. The number of allylic oxidation sites excluding steroid dienone is 6. The third-order valence-corrected chi connectivity index (χ3v) is 14.9. The van der Waals surface area contributed by atoms with Crippen LogP contribution in [0, 0.1) is 35.5 Å². The van der Waals surface area contributed by atoms with E-state index in [0.29, 0.717) is 50.5 Å². The van der Waals surface area contributed by atoms with Crippen molar-refractivity contribution in [2.45, 2.75) is 200 Å². The molecule has 0 unspecified atom stereocenters. The summed E-state index contributed by atoms with van der Waals surface area (Å²) < 4.78 is 36.0. The first-order valence-corrected chi connectivity index (χ1v) is 25.3. The number of fused-ring (bicyclic) bond motifs is 3. The van der Waals surface area contributed by atoms with Crippen LogP contribution in [0.5, 0.6) is 0 Å². The van der Waals surface area contributed by atoms with Gasteiger partial charge in [-0.25, -0.2) is 4.79 Å². The van der Waals surface area contributed by atoms with Gasteiger partial charge in [-0.3, -0.25) is 19.2 Å². The Hall–Kier alpha value is -3.37. The largest absolute Gasteiger partial charge is 0.460 e. The van der Waals surface area contributed by atoms with Crippen LogP contribution in [0.25, 0.3) is 0 Å². The monoisotopic (exact) mass is 956 g/mol. The average Bonchev–Trinajstić information content (AvgIpc) is 3.30. The molecule has 3 fully saturated rings. The molecule has 384 valence electrons. The number of carbonyl (C=O) groups is 5. The lowest BCUT2D eigenvalue weighted by molar-refractivity contribution is -0.265. The summed E-state index contributed by atoms with van der Waals surface area (Å²) in [7, 11) is 4.66. The third-order valence-electron chi connectivity index (χ3n) is 14.9. The molecular weight excluding hydrogens is 871 g/mol. The number of hydrogen-bond donors (Lipinski definition) is 2. The average molecular weight is 956 g/mol. The summed E-state index contributed by atoms with van der Waals surface area (Å²) in [5.41, 5.74) is 1.29. The molecule has 0 spiro atoms. The van der Waals surface area contributed by atoms with Gasteiger partial charge < -0.3 is 43.5 Å².